The predicted molar refractivity (Wildman–Crippen MR) is 144 cm³/mol. The van der Waals surface area contributed by atoms with Gasteiger partial charge >= 0.3 is 19.5 Å². The van der Waals surface area contributed by atoms with Gasteiger partial charge in [-0.2, -0.15) is 0 Å². The largest absolute Gasteiger partial charge is 0.465 e. The Morgan fingerprint density at radius 1 is 1.11 bits per heavy atom. The Labute approximate surface area is 216 Å². The summed E-state index contributed by atoms with van der Waals surface area (Å²) in [4.78, 5) is 25.4. The first-order valence-corrected chi connectivity index (χ1v) is 14.5. The number of hydrogen-bond acceptors (Lipinski definition) is 7. The molecule has 0 spiro atoms. The van der Waals surface area contributed by atoms with Gasteiger partial charge in [-0.3, -0.25) is 9.36 Å². The number of thiophene rings is 1. The highest BCUT2D eigenvalue weighted by atomic mass is 32.1. The summed E-state index contributed by atoms with van der Waals surface area (Å²) in [6.07, 6.45) is 2.25. The number of nitrogens with one attached hydrogen (secondary N) is 1. The smallest absolute Gasteiger partial charge is 0.348 e. The summed E-state index contributed by atoms with van der Waals surface area (Å²) in [5.74, 6) is -0.616. The van der Waals surface area contributed by atoms with E-state index in [2.05, 4.69) is 11.7 Å². The van der Waals surface area contributed by atoms with Gasteiger partial charge in [0.25, 0.3) is 0 Å². The Kier molecular flexibility index (Phi) is 9.88. The molecular weight excluding hydrogens is 497 g/mol. The van der Waals surface area contributed by atoms with Crippen LogP contribution in [0.5, 0.6) is 5.75 Å². The Morgan fingerprint density at radius 3 is 2.53 bits per heavy atom. The molecule has 0 aliphatic carbocycles. The zero-order chi connectivity index (χ0) is 26.1. The molecule has 1 unspecified atom stereocenters. The van der Waals surface area contributed by atoms with Gasteiger partial charge < -0.3 is 14.0 Å². The van der Waals surface area contributed by atoms with Crippen molar-refractivity contribution in [3.8, 4) is 5.75 Å². The van der Waals surface area contributed by atoms with Crippen molar-refractivity contribution in [2.24, 2.45) is 5.92 Å². The third-order valence-electron chi connectivity index (χ3n) is 5.21. The summed E-state index contributed by atoms with van der Waals surface area (Å²) < 4.78 is 31.6. The van der Waals surface area contributed by atoms with Crippen molar-refractivity contribution in [1.82, 2.24) is 5.09 Å². The minimum atomic E-state index is -3.61. The van der Waals surface area contributed by atoms with E-state index < -0.39 is 25.5 Å². The second kappa shape index (κ2) is 12.9. The summed E-state index contributed by atoms with van der Waals surface area (Å²) in [6, 6.07) is 15.4. The molecule has 3 rings (SSSR count). The zero-order valence-corrected chi connectivity index (χ0v) is 22.5. The van der Waals surface area contributed by atoms with E-state index in [0.717, 1.165) is 15.6 Å². The molecule has 1 N–H and O–H groups in total. The van der Waals surface area contributed by atoms with Gasteiger partial charge in [-0.1, -0.05) is 57.7 Å². The summed E-state index contributed by atoms with van der Waals surface area (Å²) in [6.45, 7) is 9.63. The van der Waals surface area contributed by atoms with Crippen molar-refractivity contribution in [3.63, 3.8) is 0 Å². The van der Waals surface area contributed by atoms with E-state index in [0.29, 0.717) is 23.7 Å². The minimum Gasteiger partial charge on any atom is -0.465 e. The molecule has 0 amide bonds. The number of ether oxygens (including phenoxy) is 2. The van der Waals surface area contributed by atoms with Crippen LogP contribution in [0, 0.1) is 5.92 Å². The fourth-order valence-corrected chi connectivity index (χ4v) is 6.58. The second-order valence-corrected chi connectivity index (χ2v) is 11.8. The van der Waals surface area contributed by atoms with Crippen LogP contribution in [-0.4, -0.2) is 31.2 Å². The van der Waals surface area contributed by atoms with Gasteiger partial charge in [-0.15, -0.1) is 11.3 Å². The van der Waals surface area contributed by atoms with Crippen LogP contribution >= 0.6 is 18.9 Å². The van der Waals surface area contributed by atoms with Gasteiger partial charge in [0.05, 0.1) is 12.8 Å². The van der Waals surface area contributed by atoms with Gasteiger partial charge in [-0.05, 0) is 53.6 Å². The molecule has 0 saturated heterocycles. The van der Waals surface area contributed by atoms with E-state index in [-0.39, 0.29) is 18.7 Å². The number of carbonyl (C=O) groups excluding carboxylic acids is 2. The molecule has 3 aromatic rings. The van der Waals surface area contributed by atoms with E-state index in [9.17, 15) is 14.2 Å². The Bertz CT molecular complexity index is 1240. The lowest BCUT2D eigenvalue weighted by atomic mass is 10.1. The van der Waals surface area contributed by atoms with Crippen LogP contribution < -0.4 is 9.61 Å². The molecule has 0 aliphatic rings. The molecule has 1 aromatic heterocycles. The van der Waals surface area contributed by atoms with Crippen molar-refractivity contribution in [2.45, 2.75) is 39.4 Å². The van der Waals surface area contributed by atoms with Gasteiger partial charge in [0.1, 0.15) is 23.3 Å². The number of rotatable bonds is 13. The van der Waals surface area contributed by atoms with Gasteiger partial charge in [0.2, 0.25) is 0 Å². The van der Waals surface area contributed by atoms with E-state index in [1.807, 2.05) is 45.0 Å². The Morgan fingerprint density at radius 2 is 1.86 bits per heavy atom. The average Bonchev–Trinajstić information content (AvgIpc) is 3.28. The topological polar surface area (TPSA) is 90.9 Å². The van der Waals surface area contributed by atoms with Crippen LogP contribution in [0.2, 0.25) is 0 Å². The maximum atomic E-state index is 14.2. The number of para-hydroxylation sites is 1. The molecule has 2 atom stereocenters. The number of hydrogen-bond donors (Lipinski definition) is 1. The quantitative estimate of drug-likeness (QED) is 0.152. The van der Waals surface area contributed by atoms with Crippen molar-refractivity contribution in [1.29, 1.82) is 0 Å². The summed E-state index contributed by atoms with van der Waals surface area (Å²) in [7, 11) is -3.61. The second-order valence-electron chi connectivity index (χ2n) is 8.62. The molecule has 0 bridgehead atoms. The van der Waals surface area contributed by atoms with Gasteiger partial charge in [0, 0.05) is 4.70 Å². The summed E-state index contributed by atoms with van der Waals surface area (Å²) >= 11 is 1.33. The van der Waals surface area contributed by atoms with Crippen LogP contribution in [-0.2, 0) is 25.0 Å². The molecule has 192 valence electrons. The monoisotopic (exact) mass is 529 g/mol. The first-order valence-electron chi connectivity index (χ1n) is 11.8. The maximum Gasteiger partial charge on any atom is 0.348 e. The first-order chi connectivity index (χ1) is 17.2. The highest BCUT2D eigenvalue weighted by Crippen LogP contribution is 2.48. The van der Waals surface area contributed by atoms with Crippen molar-refractivity contribution in [3.05, 3.63) is 77.7 Å². The maximum absolute atomic E-state index is 14.2. The van der Waals surface area contributed by atoms with Gasteiger partial charge in [0.15, 0.2) is 0 Å². The molecule has 1 heterocycles. The van der Waals surface area contributed by atoms with Crippen LogP contribution in [0.1, 0.15) is 42.4 Å². The third kappa shape index (κ3) is 7.53. The minimum absolute atomic E-state index is 0.0359. The Balaban J connectivity index is 1.90. The number of fused-ring (bicyclic) bond motifs is 1. The molecule has 0 saturated carbocycles. The van der Waals surface area contributed by atoms with E-state index >= 15 is 0 Å². The molecule has 7 nitrogen and oxygen atoms in total. The Hall–Kier alpha value is -2.93. The lowest BCUT2D eigenvalue weighted by Crippen LogP contribution is -2.41. The predicted octanol–water partition coefficient (Wildman–Crippen LogP) is 6.58. The van der Waals surface area contributed by atoms with Gasteiger partial charge in [-0.25, -0.2) is 9.88 Å². The number of carbonyl (C=O) groups is 2. The molecule has 9 heteroatoms. The molecule has 0 radical (unpaired) electrons. The van der Waals surface area contributed by atoms with Crippen molar-refractivity contribution in [2.75, 3.05) is 13.2 Å². The fraction of sp³-hybridized carbons (Fsp3) is 0.333. The average molecular weight is 530 g/mol. The van der Waals surface area contributed by atoms with Crippen LogP contribution in [0.25, 0.3) is 10.1 Å². The molecule has 0 aliphatic heterocycles. The first kappa shape index (κ1) is 27.7. The lowest BCUT2D eigenvalue weighted by molar-refractivity contribution is -0.146. The summed E-state index contributed by atoms with van der Waals surface area (Å²) in [5.41, 5.74) is 0.738. The highest BCUT2D eigenvalue weighted by molar-refractivity contribution is 7.56. The standard InChI is InChI=1S/C27H32NO6PS/c1-5-14-32-26(29)24-17-21-16-20(12-13-23(21)36-24)18-35(31,34-22-10-8-7-9-11-22)28-25(19(3)4)27(30)33-15-6-2/h5,7-13,16-17,19,25H,1,6,14-15,18H2,2-4H3,(H,28,31)/t25-,35?/m0/s1. The van der Waals surface area contributed by atoms with Crippen LogP contribution in [0.15, 0.2) is 67.3 Å². The number of esters is 2. The molecular formula is C27H32NO6PS. The molecule has 36 heavy (non-hydrogen) atoms. The van der Waals surface area contributed by atoms with E-state index in [1.165, 1.54) is 17.4 Å². The van der Waals surface area contributed by atoms with Crippen LogP contribution in [0.4, 0.5) is 0 Å². The summed E-state index contributed by atoms with van der Waals surface area (Å²) in [5, 5.41) is 3.84. The molecule has 2 aromatic carbocycles. The number of benzene rings is 2. The highest BCUT2D eigenvalue weighted by Gasteiger charge is 2.35. The zero-order valence-electron chi connectivity index (χ0n) is 20.8. The van der Waals surface area contributed by atoms with Crippen molar-refractivity contribution >= 4 is 40.9 Å². The normalized spacial score (nSPS) is 13.7. The van der Waals surface area contributed by atoms with E-state index in [1.54, 1.807) is 30.3 Å². The SMILES string of the molecule is C=CCOC(=O)c1cc2cc(CP(=O)(N[C@H](C(=O)OCCC)C(C)C)Oc3ccccc3)ccc2s1. The fourth-order valence-electron chi connectivity index (χ4n) is 3.47. The third-order valence-corrected chi connectivity index (χ3v) is 8.26. The van der Waals surface area contributed by atoms with E-state index in [4.69, 9.17) is 14.0 Å². The molecule has 0 fully saturated rings. The lowest BCUT2D eigenvalue weighted by Gasteiger charge is -2.27. The van der Waals surface area contributed by atoms with Crippen LogP contribution in [0.3, 0.4) is 0 Å². The van der Waals surface area contributed by atoms with Crippen molar-refractivity contribution < 1.29 is 28.2 Å².